The third-order valence-electron chi connectivity index (χ3n) is 4.05. The lowest BCUT2D eigenvalue weighted by Gasteiger charge is -2.29. The van der Waals surface area contributed by atoms with Gasteiger partial charge in [0.05, 0.1) is 0 Å². The second-order valence-corrected chi connectivity index (χ2v) is 6.21. The van der Waals surface area contributed by atoms with E-state index in [9.17, 15) is 9.90 Å². The van der Waals surface area contributed by atoms with E-state index >= 15 is 0 Å². The van der Waals surface area contributed by atoms with E-state index in [1.807, 2.05) is 36.4 Å². The third-order valence-corrected chi connectivity index (χ3v) is 4.27. The Balaban J connectivity index is 1.88. The first kappa shape index (κ1) is 15.8. The van der Waals surface area contributed by atoms with Gasteiger partial charge in [-0.15, -0.1) is 0 Å². The molecule has 1 atom stereocenters. The van der Waals surface area contributed by atoms with E-state index < -0.39 is 0 Å². The van der Waals surface area contributed by atoms with Gasteiger partial charge in [-0.25, -0.2) is 0 Å². The molecule has 2 N–H and O–H groups in total. The maximum absolute atomic E-state index is 12.0. The van der Waals surface area contributed by atoms with Gasteiger partial charge in [0.25, 0.3) is 0 Å². The number of amides is 1. The highest BCUT2D eigenvalue weighted by Gasteiger charge is 2.26. The van der Waals surface area contributed by atoms with E-state index in [4.69, 9.17) is 11.6 Å². The molecule has 23 heavy (non-hydrogen) atoms. The Kier molecular flexibility index (Phi) is 4.84. The minimum Gasteiger partial charge on any atom is -0.508 e. The molecule has 3 rings (SSSR count). The molecule has 1 amide bonds. The van der Waals surface area contributed by atoms with E-state index in [-0.39, 0.29) is 17.7 Å². The van der Waals surface area contributed by atoms with Crippen molar-refractivity contribution in [3.05, 3.63) is 64.7 Å². The van der Waals surface area contributed by atoms with Crippen molar-refractivity contribution in [3.8, 4) is 5.75 Å². The maximum atomic E-state index is 12.0. The molecule has 0 bridgehead atoms. The van der Waals surface area contributed by atoms with Crippen molar-refractivity contribution in [2.24, 2.45) is 0 Å². The molecule has 0 spiro atoms. The van der Waals surface area contributed by atoms with Gasteiger partial charge in [0.15, 0.2) is 0 Å². The van der Waals surface area contributed by atoms with Gasteiger partial charge in [-0.05, 0) is 29.3 Å². The molecule has 0 saturated carbocycles. The molecule has 1 fully saturated rings. The summed E-state index contributed by atoms with van der Waals surface area (Å²) in [5.74, 6) is 0.225. The number of rotatable bonds is 3. The Morgan fingerprint density at radius 1 is 1.22 bits per heavy atom. The second-order valence-electron chi connectivity index (χ2n) is 5.77. The molecule has 0 radical (unpaired) electrons. The summed E-state index contributed by atoms with van der Waals surface area (Å²) in [4.78, 5) is 14.2. The molecular formula is C18H19ClN2O2. The third kappa shape index (κ3) is 4.03. The number of hydrogen-bond acceptors (Lipinski definition) is 3. The molecule has 1 heterocycles. The smallest absolute Gasteiger partial charge is 0.221 e. The van der Waals surface area contributed by atoms with Crippen LogP contribution in [0.15, 0.2) is 48.5 Å². The molecular weight excluding hydrogens is 312 g/mol. The standard InChI is InChI=1S/C18H19ClN2O2/c19-15-8-13(9-16(22)10-15)12-21-7-6-20-18(23)11-17(21)14-4-2-1-3-5-14/h1-5,8-10,17,22H,6-7,11-12H2,(H,20,23). The van der Waals surface area contributed by atoms with Crippen LogP contribution in [0.2, 0.25) is 5.02 Å². The maximum Gasteiger partial charge on any atom is 0.221 e. The number of aromatic hydroxyl groups is 1. The van der Waals surface area contributed by atoms with E-state index in [1.165, 1.54) is 6.07 Å². The molecule has 5 heteroatoms. The predicted octanol–water partition coefficient (Wildman–Crippen LogP) is 3.11. The Morgan fingerprint density at radius 3 is 2.74 bits per heavy atom. The lowest BCUT2D eigenvalue weighted by Crippen LogP contribution is -2.30. The molecule has 0 aromatic heterocycles. The minimum atomic E-state index is 0.0137. The van der Waals surface area contributed by atoms with E-state index in [2.05, 4.69) is 10.2 Å². The average molecular weight is 331 g/mol. The van der Waals surface area contributed by atoms with E-state index in [0.717, 1.165) is 17.7 Å². The highest BCUT2D eigenvalue weighted by atomic mass is 35.5. The van der Waals surface area contributed by atoms with Crippen molar-refractivity contribution in [2.45, 2.75) is 19.0 Å². The quantitative estimate of drug-likeness (QED) is 0.909. The van der Waals surface area contributed by atoms with Gasteiger partial charge in [0, 0.05) is 37.1 Å². The van der Waals surface area contributed by atoms with Crippen LogP contribution in [0.3, 0.4) is 0 Å². The molecule has 2 aromatic carbocycles. The van der Waals surface area contributed by atoms with Crippen LogP contribution in [0.1, 0.15) is 23.6 Å². The van der Waals surface area contributed by atoms with Crippen molar-refractivity contribution < 1.29 is 9.90 Å². The number of phenols is 1. The van der Waals surface area contributed by atoms with Gasteiger partial charge in [0.1, 0.15) is 5.75 Å². The number of nitrogens with one attached hydrogen (secondary N) is 1. The summed E-state index contributed by atoms with van der Waals surface area (Å²) in [6.07, 6.45) is 0.427. The van der Waals surface area contributed by atoms with Crippen LogP contribution in [-0.4, -0.2) is 29.0 Å². The van der Waals surface area contributed by atoms with Gasteiger partial charge >= 0.3 is 0 Å². The first-order valence-electron chi connectivity index (χ1n) is 7.66. The van der Waals surface area contributed by atoms with E-state index in [0.29, 0.717) is 24.5 Å². The number of nitrogens with zero attached hydrogens (tertiary/aromatic N) is 1. The number of carbonyl (C=O) groups is 1. The van der Waals surface area contributed by atoms with Crippen LogP contribution in [0, 0.1) is 0 Å². The van der Waals surface area contributed by atoms with Crippen molar-refractivity contribution in [3.63, 3.8) is 0 Å². The normalized spacial score (nSPS) is 19.2. The van der Waals surface area contributed by atoms with Gasteiger partial charge < -0.3 is 10.4 Å². The van der Waals surface area contributed by atoms with Crippen LogP contribution in [0.4, 0.5) is 0 Å². The Morgan fingerprint density at radius 2 is 2.00 bits per heavy atom. The first-order valence-corrected chi connectivity index (χ1v) is 8.04. The zero-order valence-corrected chi connectivity index (χ0v) is 13.5. The number of hydrogen-bond donors (Lipinski definition) is 2. The molecule has 1 unspecified atom stereocenters. The Bertz CT molecular complexity index is 670. The fourth-order valence-corrected chi connectivity index (χ4v) is 3.28. The van der Waals surface area contributed by atoms with Crippen molar-refractivity contribution in [1.82, 2.24) is 10.2 Å². The van der Waals surface area contributed by atoms with Crippen LogP contribution < -0.4 is 5.32 Å². The molecule has 120 valence electrons. The first-order chi connectivity index (χ1) is 11.1. The summed E-state index contributed by atoms with van der Waals surface area (Å²) < 4.78 is 0. The number of carbonyl (C=O) groups excluding carboxylic acids is 1. The molecule has 1 aliphatic rings. The van der Waals surface area contributed by atoms with Gasteiger partial charge in [-0.1, -0.05) is 41.9 Å². The zero-order chi connectivity index (χ0) is 16.2. The van der Waals surface area contributed by atoms with Crippen molar-refractivity contribution in [2.75, 3.05) is 13.1 Å². The lowest BCUT2D eigenvalue weighted by molar-refractivity contribution is -0.121. The summed E-state index contributed by atoms with van der Waals surface area (Å²) in [7, 11) is 0. The summed E-state index contributed by atoms with van der Waals surface area (Å²) in [5.41, 5.74) is 2.06. The number of halogens is 1. The number of phenolic OH excluding ortho intramolecular Hbond substituents is 1. The highest BCUT2D eigenvalue weighted by Crippen LogP contribution is 2.29. The van der Waals surface area contributed by atoms with Crippen molar-refractivity contribution >= 4 is 17.5 Å². The summed E-state index contributed by atoms with van der Waals surface area (Å²) >= 11 is 6.03. The Hall–Kier alpha value is -2.04. The predicted molar refractivity (Wildman–Crippen MR) is 90.3 cm³/mol. The summed E-state index contributed by atoms with van der Waals surface area (Å²) in [6, 6.07) is 15.1. The summed E-state index contributed by atoms with van der Waals surface area (Å²) in [6.45, 7) is 2.00. The average Bonchev–Trinajstić information content (AvgIpc) is 2.69. The van der Waals surface area contributed by atoms with Crippen LogP contribution in [0.25, 0.3) is 0 Å². The zero-order valence-electron chi connectivity index (χ0n) is 12.7. The number of benzene rings is 2. The highest BCUT2D eigenvalue weighted by molar-refractivity contribution is 6.30. The van der Waals surface area contributed by atoms with Crippen LogP contribution in [-0.2, 0) is 11.3 Å². The largest absolute Gasteiger partial charge is 0.508 e. The molecule has 4 nitrogen and oxygen atoms in total. The SMILES string of the molecule is O=C1CC(c2ccccc2)N(Cc2cc(O)cc(Cl)c2)CCN1. The fourth-order valence-electron chi connectivity index (χ4n) is 3.02. The molecule has 2 aromatic rings. The molecule has 0 aliphatic carbocycles. The summed E-state index contributed by atoms with van der Waals surface area (Å²) in [5, 5.41) is 13.2. The molecule has 1 aliphatic heterocycles. The lowest BCUT2D eigenvalue weighted by atomic mass is 10.0. The minimum absolute atomic E-state index is 0.0137. The van der Waals surface area contributed by atoms with E-state index in [1.54, 1.807) is 6.07 Å². The Labute approximate surface area is 140 Å². The van der Waals surface area contributed by atoms with Crippen molar-refractivity contribution in [1.29, 1.82) is 0 Å². The van der Waals surface area contributed by atoms with Crippen LogP contribution in [0.5, 0.6) is 5.75 Å². The monoisotopic (exact) mass is 330 g/mol. The van der Waals surface area contributed by atoms with Gasteiger partial charge in [0.2, 0.25) is 5.91 Å². The topological polar surface area (TPSA) is 52.6 Å². The van der Waals surface area contributed by atoms with Gasteiger partial charge in [-0.3, -0.25) is 9.69 Å². The second kappa shape index (κ2) is 7.02. The van der Waals surface area contributed by atoms with Gasteiger partial charge in [-0.2, -0.15) is 0 Å². The van der Waals surface area contributed by atoms with Crippen LogP contribution >= 0.6 is 11.6 Å². The fraction of sp³-hybridized carbons (Fsp3) is 0.278. The molecule has 1 saturated heterocycles.